The Hall–Kier alpha value is -2.40. The Balaban J connectivity index is 2.18. The highest BCUT2D eigenvalue weighted by Gasteiger charge is 2.61. The van der Waals surface area contributed by atoms with E-state index in [0.717, 1.165) is 7.11 Å². The van der Waals surface area contributed by atoms with E-state index in [9.17, 15) is 22.4 Å². The third kappa shape index (κ3) is 3.90. The van der Waals surface area contributed by atoms with Crippen LogP contribution in [0, 0.1) is 51.9 Å². The monoisotopic (exact) mass is 399 g/mol. The summed E-state index contributed by atoms with van der Waals surface area (Å²) in [6.45, 7) is 3.81. The van der Waals surface area contributed by atoms with E-state index in [1.165, 1.54) is 0 Å². The lowest BCUT2D eigenvalue weighted by atomic mass is 10.1. The van der Waals surface area contributed by atoms with Gasteiger partial charge in [-0.1, -0.05) is 26.8 Å². The lowest BCUT2D eigenvalue weighted by molar-refractivity contribution is -0.147. The largest absolute Gasteiger partial charge is 0.460 e. The third-order valence-corrected chi connectivity index (χ3v) is 5.16. The fourth-order valence-electron chi connectivity index (χ4n) is 3.24. The lowest BCUT2D eigenvalue weighted by Crippen LogP contribution is -2.15. The number of carbonyl (C=O) groups is 1. The Morgan fingerprint density at radius 1 is 1.11 bits per heavy atom. The molecule has 2 atom stereocenters. The fourth-order valence-corrected chi connectivity index (χ4v) is 3.24. The van der Waals surface area contributed by atoms with Gasteiger partial charge in [0.25, 0.3) is 0 Å². The van der Waals surface area contributed by atoms with Crippen LogP contribution >= 0.6 is 0 Å². The number of carbonyl (C=O) groups excluding carboxylic acids is 1. The molecule has 28 heavy (non-hydrogen) atoms. The molecule has 1 aliphatic rings. The highest BCUT2D eigenvalue weighted by molar-refractivity contribution is 5.78. The Morgan fingerprint density at radius 2 is 1.61 bits per heavy atom. The predicted molar refractivity (Wildman–Crippen MR) is 91.5 cm³/mol. The van der Waals surface area contributed by atoms with Crippen molar-refractivity contribution in [2.75, 3.05) is 7.11 Å². The van der Waals surface area contributed by atoms with Gasteiger partial charge in [-0.3, -0.25) is 4.79 Å². The van der Waals surface area contributed by atoms with Crippen LogP contribution in [0.2, 0.25) is 0 Å². The van der Waals surface area contributed by atoms with Gasteiger partial charge in [0.15, 0.2) is 23.3 Å². The summed E-state index contributed by atoms with van der Waals surface area (Å²) < 4.78 is 65.6. The Labute approximate surface area is 160 Å². The normalized spacial score (nSPS) is 20.6. The zero-order chi connectivity index (χ0) is 21.2. The van der Waals surface area contributed by atoms with Crippen molar-refractivity contribution in [2.24, 2.45) is 17.3 Å². The number of rotatable bonds is 7. The Bertz CT molecular complexity index is 829. The smallest absolute Gasteiger partial charge is 0.310 e. The number of esters is 1. The van der Waals surface area contributed by atoms with Crippen LogP contribution in [0.5, 0.6) is 0 Å². The van der Waals surface area contributed by atoms with Crippen LogP contribution in [-0.2, 0) is 27.5 Å². The van der Waals surface area contributed by atoms with Gasteiger partial charge in [-0.05, 0) is 17.8 Å². The first kappa shape index (κ1) is 21.9. The van der Waals surface area contributed by atoms with Crippen LogP contribution in [0.4, 0.5) is 17.6 Å². The number of ether oxygens (including phenoxy) is 2. The average molecular weight is 399 g/mol. The van der Waals surface area contributed by atoms with Crippen LogP contribution in [0.1, 0.15) is 38.3 Å². The Morgan fingerprint density at radius 3 is 2.04 bits per heavy atom. The van der Waals surface area contributed by atoms with Crippen LogP contribution < -0.4 is 0 Å². The molecule has 2 unspecified atom stereocenters. The lowest BCUT2D eigenvalue weighted by Gasteiger charge is -2.12. The molecular weight excluding hydrogens is 378 g/mol. The van der Waals surface area contributed by atoms with E-state index in [2.05, 4.69) is 4.74 Å². The summed E-state index contributed by atoms with van der Waals surface area (Å²) >= 11 is 0. The minimum absolute atomic E-state index is 0.262. The van der Waals surface area contributed by atoms with Gasteiger partial charge in [0, 0.05) is 12.7 Å². The van der Waals surface area contributed by atoms with E-state index in [-0.39, 0.29) is 5.92 Å². The number of methoxy groups -OCH3 is 1. The van der Waals surface area contributed by atoms with Crippen LogP contribution in [-0.4, -0.2) is 13.1 Å². The molecule has 1 aromatic rings. The van der Waals surface area contributed by atoms with E-state index < -0.39 is 64.9 Å². The number of allylic oxidation sites excluding steroid dienone is 2. The number of halogens is 4. The second kappa shape index (κ2) is 8.31. The van der Waals surface area contributed by atoms with Crippen molar-refractivity contribution in [3.63, 3.8) is 0 Å². The molecule has 0 bridgehead atoms. The van der Waals surface area contributed by atoms with Crippen molar-refractivity contribution in [2.45, 2.75) is 40.4 Å². The van der Waals surface area contributed by atoms with Gasteiger partial charge in [0.1, 0.15) is 6.61 Å². The average Bonchev–Trinajstić information content (AvgIpc) is 3.21. The zero-order valence-corrected chi connectivity index (χ0v) is 16.0. The predicted octanol–water partition coefficient (Wildman–Crippen LogP) is 4.56. The van der Waals surface area contributed by atoms with Crippen LogP contribution in [0.3, 0.4) is 0 Å². The van der Waals surface area contributed by atoms with Crippen LogP contribution in [0.15, 0.2) is 11.6 Å². The molecule has 1 aromatic carbocycles. The molecule has 0 aromatic heterocycles. The van der Waals surface area contributed by atoms with Crippen molar-refractivity contribution in [3.05, 3.63) is 46.0 Å². The highest BCUT2D eigenvalue weighted by Crippen LogP contribution is 2.60. The molecule has 8 heteroatoms. The molecule has 152 valence electrons. The molecule has 0 heterocycles. The molecule has 1 aliphatic carbocycles. The van der Waals surface area contributed by atoms with Crippen LogP contribution in [0.25, 0.3) is 0 Å². The van der Waals surface area contributed by atoms with Gasteiger partial charge in [-0.15, -0.1) is 0 Å². The van der Waals surface area contributed by atoms with Gasteiger partial charge < -0.3 is 9.47 Å². The Kier molecular flexibility index (Phi) is 6.50. The van der Waals surface area contributed by atoms with Crippen molar-refractivity contribution < 1.29 is 31.8 Å². The second-order valence-corrected chi connectivity index (χ2v) is 7.24. The first-order chi connectivity index (χ1) is 13.1. The quantitative estimate of drug-likeness (QED) is 0.292. The van der Waals surface area contributed by atoms with Gasteiger partial charge in [0.05, 0.1) is 29.7 Å². The molecule has 0 radical (unpaired) electrons. The first-order valence-corrected chi connectivity index (χ1v) is 8.71. The van der Waals surface area contributed by atoms with E-state index in [4.69, 9.17) is 10.00 Å². The van der Waals surface area contributed by atoms with E-state index in [0.29, 0.717) is 12.0 Å². The highest BCUT2D eigenvalue weighted by atomic mass is 19.2. The summed E-state index contributed by atoms with van der Waals surface area (Å²) in [5.74, 6) is -8.04. The number of nitrogens with zero attached hydrogens (tertiary/aromatic N) is 1. The summed E-state index contributed by atoms with van der Waals surface area (Å²) in [7, 11) is 1.13. The zero-order valence-electron chi connectivity index (χ0n) is 16.0. The molecule has 0 aliphatic heterocycles. The maximum absolute atomic E-state index is 14.1. The maximum Gasteiger partial charge on any atom is 0.310 e. The fraction of sp³-hybridized carbons (Fsp3) is 0.500. The van der Waals surface area contributed by atoms with E-state index >= 15 is 0 Å². The van der Waals surface area contributed by atoms with Gasteiger partial charge >= 0.3 is 5.97 Å². The van der Waals surface area contributed by atoms with Crippen molar-refractivity contribution in [3.8, 4) is 6.07 Å². The van der Waals surface area contributed by atoms with Crippen molar-refractivity contribution in [1.82, 2.24) is 0 Å². The number of benzene rings is 1. The summed E-state index contributed by atoms with van der Waals surface area (Å²) in [5.41, 5.74) is -1.85. The molecule has 4 nitrogen and oxygen atoms in total. The van der Waals surface area contributed by atoms with Gasteiger partial charge in [-0.25, -0.2) is 17.6 Å². The van der Waals surface area contributed by atoms with E-state index in [1.807, 2.05) is 6.07 Å². The summed E-state index contributed by atoms with van der Waals surface area (Å²) in [6, 6.07) is 2.04. The van der Waals surface area contributed by atoms with Gasteiger partial charge in [-0.2, -0.15) is 5.26 Å². The van der Waals surface area contributed by atoms with Crippen molar-refractivity contribution in [1.29, 1.82) is 5.26 Å². The summed E-state index contributed by atoms with van der Waals surface area (Å²) in [4.78, 5) is 12.3. The minimum Gasteiger partial charge on any atom is -0.460 e. The summed E-state index contributed by atoms with van der Waals surface area (Å²) in [5, 5.41) is 9.03. The molecule has 0 amide bonds. The number of hydrogen-bond donors (Lipinski definition) is 0. The maximum atomic E-state index is 14.1. The van der Waals surface area contributed by atoms with E-state index in [1.54, 1.807) is 26.8 Å². The minimum atomic E-state index is -1.62. The molecule has 1 fully saturated rings. The molecule has 0 spiro atoms. The molecule has 0 saturated heterocycles. The second-order valence-electron chi connectivity index (χ2n) is 7.24. The molecule has 2 rings (SSSR count). The number of hydrogen-bond acceptors (Lipinski definition) is 4. The topological polar surface area (TPSA) is 59.3 Å². The SMILES string of the molecule is CCC(C#N)=CC1C(C(=O)OCc2c(F)c(F)c(COC)c(F)c2F)C1(C)C. The molecular formula is C20H21F4NO3. The van der Waals surface area contributed by atoms with Gasteiger partial charge in [0.2, 0.25) is 0 Å². The standard InChI is InChI=1S/C20H21F4NO3/c1-5-10(7-25)6-13-14(20(13,2)3)19(26)28-9-12-17(23)15(21)11(8-27-4)16(22)18(12)24/h6,13-14H,5,8-9H2,1-4H3. The molecule has 1 saturated carbocycles. The molecule has 0 N–H and O–H groups in total. The third-order valence-electron chi connectivity index (χ3n) is 5.16. The number of nitriles is 1. The van der Waals surface area contributed by atoms with Crippen molar-refractivity contribution >= 4 is 5.97 Å². The first-order valence-electron chi connectivity index (χ1n) is 8.71. The summed E-state index contributed by atoms with van der Waals surface area (Å²) in [6.07, 6.45) is 2.19.